The summed E-state index contributed by atoms with van der Waals surface area (Å²) in [5.74, 6) is -1.17. The standard InChI is InChI=1S/C36H32N2O5S3/c39-32(40)9-5-2-6-22-45-30-20-14-26(15-21-30)25-12-10-24(11-13-25)23-31-33(41)38-35(46-31)37-29-18-16-28(17-19-29)36(44,34(42)43)27-7-3-1-4-8-27/h1,3-4,7-8,10-21,23,44H,2,5-6,9,22H2,(H,39,40)(H,42,43)(H,37,38,41)/b31-23+. The SMILES string of the molecule is O=C(O)CCCCCSc1ccc(-c2ccc(/C=C3/SC(Nc4ccc(C(S)(C(=O)O)c5ccccc5)cc4)=NC3=O)cc2)cc1. The number of carbonyl (C=O) groups excluding carboxylic acids is 1. The third kappa shape index (κ3) is 8.31. The lowest BCUT2D eigenvalue weighted by Gasteiger charge is -2.25. The van der Waals surface area contributed by atoms with Crippen molar-refractivity contribution in [3.8, 4) is 11.1 Å². The van der Waals surface area contributed by atoms with Gasteiger partial charge in [-0.1, -0.05) is 85.3 Å². The lowest BCUT2D eigenvalue weighted by atomic mass is 9.90. The van der Waals surface area contributed by atoms with Gasteiger partial charge in [0.25, 0.3) is 5.91 Å². The number of thiol groups is 1. The number of amidine groups is 1. The summed E-state index contributed by atoms with van der Waals surface area (Å²) in [7, 11) is 0. The zero-order chi connectivity index (χ0) is 32.5. The van der Waals surface area contributed by atoms with Crippen molar-refractivity contribution >= 4 is 70.9 Å². The highest BCUT2D eigenvalue weighted by atomic mass is 32.2. The van der Waals surface area contributed by atoms with Crippen molar-refractivity contribution in [2.45, 2.75) is 35.3 Å². The third-order valence-electron chi connectivity index (χ3n) is 7.38. The predicted octanol–water partition coefficient (Wildman–Crippen LogP) is 8.43. The minimum atomic E-state index is -1.50. The second-order valence-electron chi connectivity index (χ2n) is 10.6. The molecule has 0 aromatic heterocycles. The lowest BCUT2D eigenvalue weighted by Crippen LogP contribution is -2.31. The van der Waals surface area contributed by atoms with Gasteiger partial charge in [-0.2, -0.15) is 17.6 Å². The van der Waals surface area contributed by atoms with Crippen molar-refractivity contribution in [2.24, 2.45) is 4.99 Å². The summed E-state index contributed by atoms with van der Waals surface area (Å²) < 4.78 is -1.50. The Labute approximate surface area is 281 Å². The van der Waals surface area contributed by atoms with Crippen molar-refractivity contribution < 1.29 is 24.6 Å². The second kappa shape index (κ2) is 15.4. The maximum Gasteiger partial charge on any atom is 0.328 e. The molecule has 7 nitrogen and oxygen atoms in total. The molecule has 0 spiro atoms. The number of thioether (sulfide) groups is 2. The fourth-order valence-electron chi connectivity index (χ4n) is 4.89. The highest BCUT2D eigenvalue weighted by molar-refractivity contribution is 8.18. The summed E-state index contributed by atoms with van der Waals surface area (Å²) in [6.07, 6.45) is 4.69. The van der Waals surface area contributed by atoms with Gasteiger partial charge in [-0.05, 0) is 88.5 Å². The molecule has 1 atom stereocenters. The van der Waals surface area contributed by atoms with Crippen LogP contribution in [-0.4, -0.2) is 39.0 Å². The molecule has 3 N–H and O–H groups in total. The fraction of sp³-hybridized carbons (Fsp3) is 0.167. The average molecular weight is 669 g/mol. The van der Waals surface area contributed by atoms with Crippen molar-refractivity contribution in [2.75, 3.05) is 11.1 Å². The van der Waals surface area contributed by atoms with E-state index in [4.69, 9.17) is 5.11 Å². The molecule has 1 aliphatic rings. The van der Waals surface area contributed by atoms with Gasteiger partial charge < -0.3 is 15.5 Å². The van der Waals surface area contributed by atoms with Gasteiger partial charge in [0.2, 0.25) is 0 Å². The number of rotatable bonds is 13. The molecule has 234 valence electrons. The molecule has 5 rings (SSSR count). The van der Waals surface area contributed by atoms with E-state index in [1.54, 1.807) is 60.3 Å². The molecule has 1 unspecified atom stereocenters. The number of unbranched alkanes of at least 4 members (excludes halogenated alkanes) is 2. The molecule has 4 aromatic rings. The molecule has 0 saturated carbocycles. The molecule has 1 amide bonds. The first-order valence-corrected chi connectivity index (χ1v) is 16.9. The highest BCUT2D eigenvalue weighted by Gasteiger charge is 2.38. The number of amides is 1. The summed E-state index contributed by atoms with van der Waals surface area (Å²) in [4.78, 5) is 41.3. The maximum atomic E-state index is 12.7. The number of hydrogen-bond donors (Lipinski definition) is 4. The molecule has 46 heavy (non-hydrogen) atoms. The van der Waals surface area contributed by atoms with Gasteiger partial charge in [0.15, 0.2) is 9.91 Å². The molecule has 10 heteroatoms. The Kier molecular flexibility index (Phi) is 11.1. The van der Waals surface area contributed by atoms with Crippen molar-refractivity contribution in [3.05, 3.63) is 125 Å². The first kappa shape index (κ1) is 33.1. The molecule has 1 heterocycles. The largest absolute Gasteiger partial charge is 0.481 e. The number of carbonyl (C=O) groups is 3. The van der Waals surface area contributed by atoms with E-state index >= 15 is 0 Å². The van der Waals surface area contributed by atoms with Crippen LogP contribution in [0.5, 0.6) is 0 Å². The number of aliphatic imine (C=N–C) groups is 1. The van der Waals surface area contributed by atoms with Crippen LogP contribution in [0.25, 0.3) is 17.2 Å². The predicted molar refractivity (Wildman–Crippen MR) is 191 cm³/mol. The first-order chi connectivity index (χ1) is 22.2. The van der Waals surface area contributed by atoms with Gasteiger partial charge in [0.1, 0.15) is 0 Å². The Hall–Kier alpha value is -4.25. The number of anilines is 1. The molecule has 0 aliphatic carbocycles. The highest BCUT2D eigenvalue weighted by Crippen LogP contribution is 2.37. The van der Waals surface area contributed by atoms with Gasteiger partial charge in [0.05, 0.1) is 4.91 Å². The van der Waals surface area contributed by atoms with E-state index < -0.39 is 16.7 Å². The fourth-order valence-corrected chi connectivity index (χ4v) is 6.93. The van der Waals surface area contributed by atoms with Crippen molar-refractivity contribution in [1.29, 1.82) is 0 Å². The molecule has 0 bridgehead atoms. The number of carboxylic acid groups (broad SMARTS) is 2. The second-order valence-corrected chi connectivity index (χ2v) is 13.5. The van der Waals surface area contributed by atoms with E-state index in [2.05, 4.69) is 47.2 Å². The van der Waals surface area contributed by atoms with E-state index in [9.17, 15) is 19.5 Å². The van der Waals surface area contributed by atoms with Crippen LogP contribution >= 0.6 is 36.2 Å². The van der Waals surface area contributed by atoms with Crippen LogP contribution in [0.1, 0.15) is 42.4 Å². The smallest absolute Gasteiger partial charge is 0.328 e. The van der Waals surface area contributed by atoms with Crippen LogP contribution in [0, 0.1) is 0 Å². The number of carboxylic acids is 2. The van der Waals surface area contributed by atoms with Gasteiger partial charge >= 0.3 is 11.9 Å². The van der Waals surface area contributed by atoms with Crippen LogP contribution in [0.2, 0.25) is 0 Å². The summed E-state index contributed by atoms with van der Waals surface area (Å²) in [6.45, 7) is 0. The van der Waals surface area contributed by atoms with Crippen LogP contribution in [0.4, 0.5) is 5.69 Å². The van der Waals surface area contributed by atoms with E-state index in [1.165, 1.54) is 16.7 Å². The van der Waals surface area contributed by atoms with Crippen LogP contribution in [0.15, 0.2) is 118 Å². The molecule has 4 aromatic carbocycles. The molecule has 0 saturated heterocycles. The summed E-state index contributed by atoms with van der Waals surface area (Å²) in [6, 6.07) is 32.1. The van der Waals surface area contributed by atoms with E-state index in [0.29, 0.717) is 26.9 Å². The number of hydrogen-bond acceptors (Lipinski definition) is 7. The van der Waals surface area contributed by atoms with E-state index in [-0.39, 0.29) is 12.3 Å². The Morgan fingerprint density at radius 1 is 0.826 bits per heavy atom. The quantitative estimate of drug-likeness (QED) is 0.0486. The Balaban J connectivity index is 1.16. The Bertz CT molecular complexity index is 1760. The first-order valence-electron chi connectivity index (χ1n) is 14.7. The van der Waals surface area contributed by atoms with Gasteiger partial charge in [0, 0.05) is 17.0 Å². The molecular formula is C36H32N2O5S3. The molecule has 0 radical (unpaired) electrons. The summed E-state index contributed by atoms with van der Waals surface area (Å²) in [5, 5.41) is 22.3. The summed E-state index contributed by atoms with van der Waals surface area (Å²) >= 11 is 7.58. The lowest BCUT2D eigenvalue weighted by molar-refractivity contribution is -0.139. The third-order valence-corrected chi connectivity index (χ3v) is 10.1. The molecular weight excluding hydrogens is 637 g/mol. The van der Waals surface area contributed by atoms with Gasteiger partial charge in [-0.3, -0.25) is 9.59 Å². The van der Waals surface area contributed by atoms with Crippen molar-refractivity contribution in [1.82, 2.24) is 0 Å². The molecule has 0 fully saturated rings. The van der Waals surface area contributed by atoms with Gasteiger partial charge in [-0.15, -0.1) is 11.8 Å². The van der Waals surface area contributed by atoms with Crippen molar-refractivity contribution in [3.63, 3.8) is 0 Å². The van der Waals surface area contributed by atoms with Crippen LogP contribution < -0.4 is 5.32 Å². The van der Waals surface area contributed by atoms with Gasteiger partial charge in [-0.25, -0.2) is 4.79 Å². The van der Waals surface area contributed by atoms with E-state index in [0.717, 1.165) is 41.7 Å². The monoisotopic (exact) mass is 668 g/mol. The Morgan fingerprint density at radius 3 is 2.09 bits per heavy atom. The Morgan fingerprint density at radius 2 is 1.46 bits per heavy atom. The zero-order valence-corrected chi connectivity index (χ0v) is 27.3. The minimum absolute atomic E-state index is 0.234. The zero-order valence-electron chi connectivity index (χ0n) is 24.8. The number of aliphatic carboxylic acids is 2. The van der Waals surface area contributed by atoms with E-state index in [1.807, 2.05) is 36.4 Å². The average Bonchev–Trinajstić information content (AvgIpc) is 3.41. The molecule has 1 aliphatic heterocycles. The number of nitrogens with zero attached hydrogens (tertiary/aromatic N) is 1. The normalized spacial score (nSPS) is 14.9. The number of nitrogens with one attached hydrogen (secondary N) is 1. The van der Waals surface area contributed by atoms with Crippen LogP contribution in [0.3, 0.4) is 0 Å². The number of benzene rings is 4. The van der Waals surface area contributed by atoms with Crippen LogP contribution in [-0.2, 0) is 19.1 Å². The maximum absolute atomic E-state index is 12.7. The summed E-state index contributed by atoms with van der Waals surface area (Å²) in [5.41, 5.74) is 4.79. The minimum Gasteiger partial charge on any atom is -0.481 e. The topological polar surface area (TPSA) is 116 Å².